The van der Waals surface area contributed by atoms with Crippen LogP contribution in [-0.4, -0.2) is 30.1 Å². The second-order valence-corrected chi connectivity index (χ2v) is 7.21. The molecule has 0 fully saturated rings. The Morgan fingerprint density at radius 3 is 2.34 bits per heavy atom. The summed E-state index contributed by atoms with van der Waals surface area (Å²) in [7, 11) is 1.30. The van der Waals surface area contributed by atoms with Gasteiger partial charge in [0.05, 0.1) is 36.1 Å². The van der Waals surface area contributed by atoms with E-state index < -0.39 is 11.9 Å². The van der Waals surface area contributed by atoms with Gasteiger partial charge in [0, 0.05) is 11.3 Å². The summed E-state index contributed by atoms with van der Waals surface area (Å²) < 4.78 is 4.77. The second kappa shape index (κ2) is 8.77. The highest BCUT2D eigenvalue weighted by atomic mass is 16.5. The Labute approximate surface area is 184 Å². The third kappa shape index (κ3) is 4.22. The van der Waals surface area contributed by atoms with Crippen LogP contribution in [0.3, 0.4) is 0 Å². The highest BCUT2D eigenvalue weighted by Crippen LogP contribution is 2.38. The van der Waals surface area contributed by atoms with E-state index in [1.165, 1.54) is 7.11 Å². The number of carboxylic acid groups (broad SMARTS) is 1. The van der Waals surface area contributed by atoms with Gasteiger partial charge in [-0.25, -0.2) is 4.79 Å². The molecule has 0 atom stereocenters. The number of fused-ring (bicyclic) bond motifs is 1. The second-order valence-electron chi connectivity index (χ2n) is 7.21. The molecule has 32 heavy (non-hydrogen) atoms. The lowest BCUT2D eigenvalue weighted by Gasteiger charge is -2.15. The molecule has 1 heterocycles. The summed E-state index contributed by atoms with van der Waals surface area (Å²) >= 11 is 0. The van der Waals surface area contributed by atoms with E-state index in [-0.39, 0.29) is 12.3 Å². The first-order valence-electron chi connectivity index (χ1n) is 9.88. The fourth-order valence-electron chi connectivity index (χ4n) is 3.57. The number of amides is 1. The first-order chi connectivity index (χ1) is 15.5. The maximum atomic E-state index is 13.0. The Hall–Kier alpha value is -4.39. The fraction of sp³-hybridized carbons (Fsp3) is 0.0800. The summed E-state index contributed by atoms with van der Waals surface area (Å²) in [5.74, 6) is -1.68. The summed E-state index contributed by atoms with van der Waals surface area (Å²) in [6, 6.07) is 21.4. The van der Waals surface area contributed by atoms with Gasteiger partial charge in [0.15, 0.2) is 0 Å². The van der Waals surface area contributed by atoms with E-state index in [4.69, 9.17) is 9.84 Å². The zero-order valence-electron chi connectivity index (χ0n) is 17.2. The van der Waals surface area contributed by atoms with E-state index >= 15 is 0 Å². The molecule has 3 N–H and O–H groups in total. The van der Waals surface area contributed by atoms with E-state index in [0.717, 1.165) is 5.56 Å². The van der Waals surface area contributed by atoms with Gasteiger partial charge >= 0.3 is 11.9 Å². The summed E-state index contributed by atoms with van der Waals surface area (Å²) in [6.45, 7) is 0. The van der Waals surface area contributed by atoms with Gasteiger partial charge in [0.25, 0.3) is 5.91 Å². The van der Waals surface area contributed by atoms with Crippen molar-refractivity contribution in [3.8, 4) is 0 Å². The number of carbonyl (C=O) groups is 3. The van der Waals surface area contributed by atoms with Gasteiger partial charge < -0.3 is 20.5 Å². The molecule has 7 heteroatoms. The third-order valence-electron chi connectivity index (χ3n) is 5.08. The molecular formula is C25H20N2O5. The molecular weight excluding hydrogens is 408 g/mol. The van der Waals surface area contributed by atoms with E-state index in [1.54, 1.807) is 42.5 Å². The predicted molar refractivity (Wildman–Crippen MR) is 121 cm³/mol. The quantitative estimate of drug-likeness (QED) is 0.404. The molecule has 1 aliphatic rings. The molecule has 3 aromatic carbocycles. The molecule has 0 aromatic heterocycles. The van der Waals surface area contributed by atoms with Gasteiger partial charge in [-0.2, -0.15) is 0 Å². The van der Waals surface area contributed by atoms with Crippen LogP contribution in [0.5, 0.6) is 0 Å². The Morgan fingerprint density at radius 1 is 0.969 bits per heavy atom. The number of anilines is 2. The number of carboxylic acids is 1. The SMILES string of the molecule is COC(=O)c1ccc2c(c1)NC(=O)C2=C(Nc1ccc(CC(=O)O)cc1)c1ccccc1. The van der Waals surface area contributed by atoms with E-state index in [9.17, 15) is 14.4 Å². The minimum absolute atomic E-state index is 0.0643. The van der Waals surface area contributed by atoms with Crippen molar-refractivity contribution >= 4 is 40.5 Å². The summed E-state index contributed by atoms with van der Waals surface area (Å²) in [5.41, 5.74) is 4.76. The first-order valence-corrected chi connectivity index (χ1v) is 9.88. The van der Waals surface area contributed by atoms with Crippen LogP contribution in [0.1, 0.15) is 27.0 Å². The van der Waals surface area contributed by atoms with Crippen molar-refractivity contribution in [1.82, 2.24) is 0 Å². The lowest BCUT2D eigenvalue weighted by Crippen LogP contribution is -2.10. The largest absolute Gasteiger partial charge is 0.481 e. The smallest absolute Gasteiger partial charge is 0.337 e. The van der Waals surface area contributed by atoms with Crippen LogP contribution in [-0.2, 0) is 20.7 Å². The fourth-order valence-corrected chi connectivity index (χ4v) is 3.57. The molecule has 4 rings (SSSR count). The number of nitrogens with one attached hydrogen (secondary N) is 2. The zero-order chi connectivity index (χ0) is 22.7. The summed E-state index contributed by atoms with van der Waals surface area (Å²) in [5, 5.41) is 15.1. The van der Waals surface area contributed by atoms with Gasteiger partial charge in [-0.15, -0.1) is 0 Å². The zero-order valence-corrected chi connectivity index (χ0v) is 17.2. The average molecular weight is 428 g/mol. The Morgan fingerprint density at radius 2 is 1.69 bits per heavy atom. The molecule has 3 aromatic rings. The van der Waals surface area contributed by atoms with Crippen LogP contribution < -0.4 is 10.6 Å². The van der Waals surface area contributed by atoms with Gasteiger partial charge in [-0.3, -0.25) is 9.59 Å². The maximum Gasteiger partial charge on any atom is 0.337 e. The molecule has 7 nitrogen and oxygen atoms in total. The van der Waals surface area contributed by atoms with Gasteiger partial charge in [0.2, 0.25) is 0 Å². The minimum atomic E-state index is -0.900. The molecule has 1 aliphatic heterocycles. The standard InChI is InChI=1S/C25H20N2O5/c1-32-25(31)17-9-12-19-20(14-17)27-24(30)22(19)23(16-5-3-2-4-6-16)26-18-10-7-15(8-11-18)13-21(28)29/h2-12,14,26H,13H2,1H3,(H,27,30)(H,28,29). The van der Waals surface area contributed by atoms with Crippen molar-refractivity contribution in [3.05, 3.63) is 95.1 Å². The number of ether oxygens (including phenoxy) is 1. The van der Waals surface area contributed by atoms with Crippen molar-refractivity contribution in [2.45, 2.75) is 6.42 Å². The molecule has 0 bridgehead atoms. The maximum absolute atomic E-state index is 13.0. The van der Waals surface area contributed by atoms with Crippen molar-refractivity contribution in [1.29, 1.82) is 0 Å². The molecule has 160 valence electrons. The summed E-state index contributed by atoms with van der Waals surface area (Å²) in [4.78, 5) is 35.8. The predicted octanol–water partition coefficient (Wildman–Crippen LogP) is 4.03. The van der Waals surface area contributed by atoms with E-state index in [1.807, 2.05) is 30.3 Å². The van der Waals surface area contributed by atoms with Crippen molar-refractivity contribution in [2.24, 2.45) is 0 Å². The van der Waals surface area contributed by atoms with Gasteiger partial charge in [-0.1, -0.05) is 48.5 Å². The van der Waals surface area contributed by atoms with Crippen LogP contribution in [0.2, 0.25) is 0 Å². The third-order valence-corrected chi connectivity index (χ3v) is 5.08. The van der Waals surface area contributed by atoms with Crippen molar-refractivity contribution in [2.75, 3.05) is 17.7 Å². The van der Waals surface area contributed by atoms with E-state index in [2.05, 4.69) is 10.6 Å². The number of benzene rings is 3. The number of aliphatic carboxylic acids is 1. The monoisotopic (exact) mass is 428 g/mol. The molecule has 0 unspecified atom stereocenters. The number of esters is 1. The molecule has 1 amide bonds. The van der Waals surface area contributed by atoms with Gasteiger partial charge in [-0.05, 0) is 35.4 Å². The van der Waals surface area contributed by atoms with Crippen LogP contribution >= 0.6 is 0 Å². The molecule has 0 saturated heterocycles. The average Bonchev–Trinajstić information content (AvgIpc) is 3.13. The topological polar surface area (TPSA) is 105 Å². The van der Waals surface area contributed by atoms with Crippen molar-refractivity contribution in [3.63, 3.8) is 0 Å². The molecule has 0 spiro atoms. The highest BCUT2D eigenvalue weighted by molar-refractivity contribution is 6.37. The lowest BCUT2D eigenvalue weighted by molar-refractivity contribution is -0.136. The number of rotatable bonds is 6. The normalized spacial score (nSPS) is 13.7. The minimum Gasteiger partial charge on any atom is -0.481 e. The summed E-state index contributed by atoms with van der Waals surface area (Å²) in [6.07, 6.45) is -0.0643. The molecule has 0 aliphatic carbocycles. The van der Waals surface area contributed by atoms with Crippen LogP contribution in [0.4, 0.5) is 11.4 Å². The van der Waals surface area contributed by atoms with E-state index in [0.29, 0.717) is 39.3 Å². The number of methoxy groups -OCH3 is 1. The number of hydrogen-bond donors (Lipinski definition) is 3. The Kier molecular flexibility index (Phi) is 5.72. The van der Waals surface area contributed by atoms with Gasteiger partial charge in [0.1, 0.15) is 0 Å². The van der Waals surface area contributed by atoms with Crippen LogP contribution in [0.25, 0.3) is 11.3 Å². The highest BCUT2D eigenvalue weighted by Gasteiger charge is 2.29. The Balaban J connectivity index is 1.79. The Bertz CT molecular complexity index is 1230. The molecule has 0 saturated carbocycles. The van der Waals surface area contributed by atoms with Crippen molar-refractivity contribution < 1.29 is 24.2 Å². The van der Waals surface area contributed by atoms with Crippen LogP contribution in [0, 0.1) is 0 Å². The first kappa shape index (κ1) is 20.9. The number of carbonyl (C=O) groups excluding carboxylic acids is 2. The lowest BCUT2D eigenvalue weighted by atomic mass is 9.99. The van der Waals surface area contributed by atoms with Crippen LogP contribution in [0.15, 0.2) is 72.8 Å². The molecule has 0 radical (unpaired) electrons. The number of hydrogen-bond acceptors (Lipinski definition) is 5.